The number of hydrogen-bond donors (Lipinski definition) is 3. The van der Waals surface area contributed by atoms with Crippen LogP contribution in [-0.2, 0) is 13.6 Å². The van der Waals surface area contributed by atoms with Crippen LogP contribution in [0.25, 0.3) is 0 Å². The molecule has 1 aromatic heterocycles. The molecule has 2 rings (SSSR count). The van der Waals surface area contributed by atoms with Gasteiger partial charge in [0.1, 0.15) is 17.9 Å². The smallest absolute Gasteiger partial charge is 0.251 e. The molecule has 1 heterocycles. The minimum absolute atomic E-state index is 0.133. The molecule has 1 aromatic carbocycles. The van der Waals surface area contributed by atoms with Crippen molar-refractivity contribution in [3.8, 4) is 5.75 Å². The molecule has 3 N–H and O–H groups in total. The second-order valence-electron chi connectivity index (χ2n) is 5.14. The van der Waals surface area contributed by atoms with E-state index in [9.17, 15) is 4.79 Å². The van der Waals surface area contributed by atoms with Crippen LogP contribution in [0.2, 0.25) is 0 Å². The van der Waals surface area contributed by atoms with Gasteiger partial charge in [0.05, 0.1) is 13.7 Å². The molecule has 2 aromatic rings. The van der Waals surface area contributed by atoms with Crippen LogP contribution in [0.1, 0.15) is 16.2 Å². The predicted molar refractivity (Wildman–Crippen MR) is 94.5 cm³/mol. The number of methoxy groups -OCH3 is 1. The molecular weight excluding hydrogens is 322 g/mol. The second kappa shape index (κ2) is 9.26. The quantitative estimate of drug-likeness (QED) is 0.368. The third-order valence-electron chi connectivity index (χ3n) is 3.50. The zero-order valence-electron chi connectivity index (χ0n) is 14.6. The summed E-state index contributed by atoms with van der Waals surface area (Å²) in [5, 5.41) is 13.1. The highest BCUT2D eigenvalue weighted by Crippen LogP contribution is 2.10. The number of nitrogens with one attached hydrogen (secondary N) is 3. The number of guanidine groups is 1. The maximum Gasteiger partial charge on any atom is 0.251 e. The van der Waals surface area contributed by atoms with Gasteiger partial charge in [-0.25, -0.2) is 4.98 Å². The molecule has 0 bridgehead atoms. The average Bonchev–Trinajstić information content (AvgIpc) is 3.06. The number of nitrogens with zero attached hydrogens (tertiary/aromatic N) is 4. The summed E-state index contributed by atoms with van der Waals surface area (Å²) in [4.78, 5) is 20.3. The van der Waals surface area contributed by atoms with E-state index in [2.05, 4.69) is 31.0 Å². The minimum Gasteiger partial charge on any atom is -0.497 e. The summed E-state index contributed by atoms with van der Waals surface area (Å²) >= 11 is 0. The van der Waals surface area contributed by atoms with Gasteiger partial charge in [-0.3, -0.25) is 14.5 Å². The predicted octanol–water partition coefficient (Wildman–Crippen LogP) is -0.0813. The van der Waals surface area contributed by atoms with Crippen molar-refractivity contribution in [3.05, 3.63) is 42.0 Å². The van der Waals surface area contributed by atoms with Crippen molar-refractivity contribution in [1.82, 2.24) is 30.7 Å². The number of benzene rings is 1. The van der Waals surface area contributed by atoms with Crippen molar-refractivity contribution in [2.75, 3.05) is 27.2 Å². The highest BCUT2D eigenvalue weighted by molar-refractivity contribution is 5.94. The number of carbonyl (C=O) groups excluding carboxylic acids is 1. The molecule has 0 spiro atoms. The van der Waals surface area contributed by atoms with Crippen molar-refractivity contribution in [2.45, 2.75) is 6.54 Å². The zero-order valence-corrected chi connectivity index (χ0v) is 14.6. The maximum atomic E-state index is 12.0. The fraction of sp³-hybridized carbons (Fsp3) is 0.375. The van der Waals surface area contributed by atoms with E-state index in [1.807, 2.05) is 7.05 Å². The number of ether oxygens (including phenoxy) is 1. The third-order valence-corrected chi connectivity index (χ3v) is 3.50. The first-order valence-electron chi connectivity index (χ1n) is 7.83. The summed E-state index contributed by atoms with van der Waals surface area (Å²) in [5.41, 5.74) is 0.589. The largest absolute Gasteiger partial charge is 0.497 e. The van der Waals surface area contributed by atoms with E-state index in [0.717, 1.165) is 11.6 Å². The monoisotopic (exact) mass is 345 g/mol. The molecule has 134 valence electrons. The van der Waals surface area contributed by atoms with Gasteiger partial charge in [0, 0.05) is 32.7 Å². The standard InChI is InChI=1S/C16H23N7O2/c1-17-16(20-10-14-21-11-22-23(14)2)19-9-8-18-15(24)12-4-6-13(25-3)7-5-12/h4-7,11H,8-10H2,1-3H3,(H,18,24)(H2,17,19,20). The third kappa shape index (κ3) is 5.48. The fourth-order valence-electron chi connectivity index (χ4n) is 2.06. The van der Waals surface area contributed by atoms with Gasteiger partial charge in [0.2, 0.25) is 0 Å². The van der Waals surface area contributed by atoms with E-state index >= 15 is 0 Å². The Balaban J connectivity index is 1.69. The first kappa shape index (κ1) is 18.2. The Hall–Kier alpha value is -3.10. The van der Waals surface area contributed by atoms with Crippen molar-refractivity contribution in [1.29, 1.82) is 0 Å². The Morgan fingerprint density at radius 3 is 2.52 bits per heavy atom. The molecule has 0 aliphatic carbocycles. The van der Waals surface area contributed by atoms with Crippen LogP contribution in [0.15, 0.2) is 35.6 Å². The van der Waals surface area contributed by atoms with E-state index in [-0.39, 0.29) is 5.91 Å². The normalized spacial score (nSPS) is 11.1. The Kier molecular flexibility index (Phi) is 6.76. The van der Waals surface area contributed by atoms with Gasteiger partial charge in [-0.1, -0.05) is 0 Å². The molecule has 0 saturated heterocycles. The summed E-state index contributed by atoms with van der Waals surface area (Å²) in [6, 6.07) is 6.96. The van der Waals surface area contributed by atoms with Crippen LogP contribution in [-0.4, -0.2) is 53.9 Å². The molecule has 0 saturated carbocycles. The molecule has 25 heavy (non-hydrogen) atoms. The van der Waals surface area contributed by atoms with Gasteiger partial charge >= 0.3 is 0 Å². The summed E-state index contributed by atoms with van der Waals surface area (Å²) < 4.78 is 6.76. The topological polar surface area (TPSA) is 105 Å². The Bertz CT molecular complexity index is 710. The highest BCUT2D eigenvalue weighted by Gasteiger charge is 2.05. The molecule has 0 unspecified atom stereocenters. The Labute approximate surface area is 146 Å². The number of hydrogen-bond acceptors (Lipinski definition) is 5. The number of aryl methyl sites for hydroxylation is 1. The lowest BCUT2D eigenvalue weighted by Gasteiger charge is -2.12. The van der Waals surface area contributed by atoms with Crippen molar-refractivity contribution in [2.24, 2.45) is 12.0 Å². The van der Waals surface area contributed by atoms with E-state index in [0.29, 0.717) is 31.2 Å². The summed E-state index contributed by atoms with van der Waals surface area (Å²) in [5.74, 6) is 2.01. The molecular formula is C16H23N7O2. The van der Waals surface area contributed by atoms with Crippen LogP contribution in [0.4, 0.5) is 0 Å². The van der Waals surface area contributed by atoms with Crippen LogP contribution < -0.4 is 20.7 Å². The number of aromatic nitrogens is 3. The first-order valence-corrected chi connectivity index (χ1v) is 7.83. The first-order chi connectivity index (χ1) is 12.1. The Morgan fingerprint density at radius 2 is 1.92 bits per heavy atom. The van der Waals surface area contributed by atoms with Crippen LogP contribution in [0, 0.1) is 0 Å². The van der Waals surface area contributed by atoms with Gasteiger partial charge < -0.3 is 20.7 Å². The van der Waals surface area contributed by atoms with Gasteiger partial charge in [-0.05, 0) is 24.3 Å². The fourth-order valence-corrected chi connectivity index (χ4v) is 2.06. The SMILES string of the molecule is CN=C(NCCNC(=O)c1ccc(OC)cc1)NCc1ncnn1C. The van der Waals surface area contributed by atoms with Gasteiger partial charge in [0.15, 0.2) is 5.96 Å². The van der Waals surface area contributed by atoms with Gasteiger partial charge in [-0.15, -0.1) is 0 Å². The van der Waals surface area contributed by atoms with Crippen LogP contribution >= 0.6 is 0 Å². The van der Waals surface area contributed by atoms with E-state index in [4.69, 9.17) is 4.74 Å². The molecule has 1 amide bonds. The lowest BCUT2D eigenvalue weighted by molar-refractivity contribution is 0.0954. The number of amides is 1. The number of rotatable bonds is 7. The molecule has 0 aliphatic rings. The summed E-state index contributed by atoms with van der Waals surface area (Å²) in [6.07, 6.45) is 1.50. The molecule has 0 fully saturated rings. The van der Waals surface area contributed by atoms with Crippen LogP contribution in [0.3, 0.4) is 0 Å². The van der Waals surface area contributed by atoms with Crippen molar-refractivity contribution < 1.29 is 9.53 Å². The maximum absolute atomic E-state index is 12.0. The van der Waals surface area contributed by atoms with E-state index in [1.165, 1.54) is 6.33 Å². The summed E-state index contributed by atoms with van der Waals surface area (Å²) in [6.45, 7) is 1.52. The Morgan fingerprint density at radius 1 is 1.20 bits per heavy atom. The average molecular weight is 345 g/mol. The van der Waals surface area contributed by atoms with E-state index < -0.39 is 0 Å². The highest BCUT2D eigenvalue weighted by atomic mass is 16.5. The van der Waals surface area contributed by atoms with E-state index in [1.54, 1.807) is 43.1 Å². The lowest BCUT2D eigenvalue weighted by atomic mass is 10.2. The van der Waals surface area contributed by atoms with Crippen molar-refractivity contribution >= 4 is 11.9 Å². The second-order valence-corrected chi connectivity index (χ2v) is 5.14. The molecule has 9 heteroatoms. The number of aliphatic imine (C=N–C) groups is 1. The molecule has 0 aliphatic heterocycles. The minimum atomic E-state index is -0.133. The molecule has 0 atom stereocenters. The van der Waals surface area contributed by atoms with Gasteiger partial charge in [0.25, 0.3) is 5.91 Å². The number of carbonyl (C=O) groups is 1. The zero-order chi connectivity index (χ0) is 18.1. The van der Waals surface area contributed by atoms with Crippen LogP contribution in [0.5, 0.6) is 5.75 Å². The molecule has 0 radical (unpaired) electrons. The van der Waals surface area contributed by atoms with Gasteiger partial charge in [-0.2, -0.15) is 5.10 Å². The lowest BCUT2D eigenvalue weighted by Crippen LogP contribution is -2.41. The molecule has 9 nitrogen and oxygen atoms in total. The summed E-state index contributed by atoms with van der Waals surface area (Å²) in [7, 11) is 5.10. The van der Waals surface area contributed by atoms with Crippen molar-refractivity contribution in [3.63, 3.8) is 0 Å².